The molecular formula is C23H24N4O2S. The van der Waals surface area contributed by atoms with Gasteiger partial charge in [0.15, 0.2) is 0 Å². The average molecular weight is 421 g/mol. The molecule has 0 spiro atoms. The van der Waals surface area contributed by atoms with Crippen molar-refractivity contribution in [1.82, 2.24) is 10.6 Å². The molecule has 0 aliphatic carbocycles. The highest BCUT2D eigenvalue weighted by molar-refractivity contribution is 8.04. The number of nitrogens with zero attached hydrogens (tertiary/aromatic N) is 1. The van der Waals surface area contributed by atoms with Crippen LogP contribution < -0.4 is 16.4 Å². The summed E-state index contributed by atoms with van der Waals surface area (Å²) < 4.78 is 0. The lowest BCUT2D eigenvalue weighted by molar-refractivity contribution is -0.119. The number of benzene rings is 2. The van der Waals surface area contributed by atoms with Crippen LogP contribution in [0.4, 0.5) is 4.79 Å². The number of nitrogens with two attached hydrogens (primary N) is 1. The van der Waals surface area contributed by atoms with Gasteiger partial charge in [0.25, 0.3) is 0 Å². The molecule has 2 aromatic rings. The Bertz CT molecular complexity index is 994. The van der Waals surface area contributed by atoms with Crippen molar-refractivity contribution in [3.63, 3.8) is 0 Å². The van der Waals surface area contributed by atoms with E-state index in [9.17, 15) is 14.9 Å². The number of hydrogen-bond donors (Lipinski definition) is 3. The van der Waals surface area contributed by atoms with Gasteiger partial charge in [-0.2, -0.15) is 5.26 Å². The second-order valence-electron chi connectivity index (χ2n) is 7.38. The molecule has 154 valence electrons. The first-order valence-electron chi connectivity index (χ1n) is 9.69. The van der Waals surface area contributed by atoms with Crippen LogP contribution in [0.5, 0.6) is 0 Å². The van der Waals surface area contributed by atoms with Crippen LogP contribution in [-0.4, -0.2) is 17.2 Å². The molecule has 0 saturated heterocycles. The fraction of sp³-hybridized carbons (Fsp3) is 0.261. The highest BCUT2D eigenvalue weighted by Gasteiger charge is 2.41. The third kappa shape index (κ3) is 4.84. The van der Waals surface area contributed by atoms with E-state index in [0.717, 1.165) is 22.9 Å². The molecule has 3 amide bonds. The van der Waals surface area contributed by atoms with Crippen LogP contribution >= 0.6 is 11.8 Å². The normalized spacial score (nSPS) is 18.2. The topological polar surface area (TPSA) is 108 Å². The van der Waals surface area contributed by atoms with E-state index in [1.54, 1.807) is 0 Å². The summed E-state index contributed by atoms with van der Waals surface area (Å²) in [6.45, 7) is 4.51. The van der Waals surface area contributed by atoms with Crippen molar-refractivity contribution in [3.05, 3.63) is 81.9 Å². The molecule has 2 unspecified atom stereocenters. The zero-order chi connectivity index (χ0) is 21.7. The number of thioether (sulfide) groups is 1. The van der Waals surface area contributed by atoms with Crippen molar-refractivity contribution in [2.75, 3.05) is 0 Å². The molecule has 2 atom stereocenters. The molecule has 2 aromatic carbocycles. The quantitative estimate of drug-likeness (QED) is 0.683. The molecule has 0 fully saturated rings. The Morgan fingerprint density at radius 1 is 1.13 bits per heavy atom. The van der Waals surface area contributed by atoms with E-state index in [1.165, 1.54) is 5.56 Å². The van der Waals surface area contributed by atoms with Gasteiger partial charge in [0.2, 0.25) is 5.91 Å². The Labute approximate surface area is 180 Å². The number of carbonyl (C=O) groups is 2. The lowest BCUT2D eigenvalue weighted by Gasteiger charge is -2.20. The summed E-state index contributed by atoms with van der Waals surface area (Å²) in [4.78, 5) is 25.1. The van der Waals surface area contributed by atoms with Gasteiger partial charge in [-0.1, -0.05) is 80.2 Å². The van der Waals surface area contributed by atoms with Crippen LogP contribution in [0.1, 0.15) is 42.4 Å². The van der Waals surface area contributed by atoms with Crippen molar-refractivity contribution < 1.29 is 9.59 Å². The maximum absolute atomic E-state index is 12.8. The second-order valence-corrected chi connectivity index (χ2v) is 8.57. The van der Waals surface area contributed by atoms with Gasteiger partial charge >= 0.3 is 6.03 Å². The Hall–Kier alpha value is -3.24. The van der Waals surface area contributed by atoms with Crippen LogP contribution in [0, 0.1) is 11.3 Å². The first-order chi connectivity index (χ1) is 14.4. The van der Waals surface area contributed by atoms with Gasteiger partial charge in [-0.3, -0.25) is 10.1 Å². The zero-order valence-corrected chi connectivity index (χ0v) is 17.7. The minimum atomic E-state index is -0.688. The van der Waals surface area contributed by atoms with Gasteiger partial charge in [0.05, 0.1) is 16.7 Å². The highest BCUT2D eigenvalue weighted by atomic mass is 32.2. The standard InChI is InChI=1S/C23H24N4O2S/c1-14(2)16-8-10-17(11-9-16)19-18(12-24)21(25)30-20(19)22(28)27-23(29)26-13-15-6-4-3-5-7-15/h3-11,14,19-20H,13,25H2,1-2H3,(H2,26,27,28,29). The van der Waals surface area contributed by atoms with Crippen LogP contribution in [0.2, 0.25) is 0 Å². The molecule has 30 heavy (non-hydrogen) atoms. The maximum Gasteiger partial charge on any atom is 0.321 e. The predicted molar refractivity (Wildman–Crippen MR) is 118 cm³/mol. The predicted octanol–water partition coefficient (Wildman–Crippen LogP) is 3.73. The van der Waals surface area contributed by atoms with Crippen molar-refractivity contribution in [3.8, 4) is 6.07 Å². The molecular weight excluding hydrogens is 396 g/mol. The third-order valence-corrected chi connectivity index (χ3v) is 6.22. The number of amides is 3. The summed E-state index contributed by atoms with van der Waals surface area (Å²) in [5.74, 6) is -0.597. The summed E-state index contributed by atoms with van der Waals surface area (Å²) in [6, 6.07) is 18.8. The largest absolute Gasteiger partial charge is 0.393 e. The lowest BCUT2D eigenvalue weighted by Crippen LogP contribution is -2.44. The summed E-state index contributed by atoms with van der Waals surface area (Å²) in [5.41, 5.74) is 9.31. The van der Waals surface area contributed by atoms with Crippen LogP contribution in [-0.2, 0) is 11.3 Å². The van der Waals surface area contributed by atoms with Gasteiger partial charge in [-0.15, -0.1) is 0 Å². The lowest BCUT2D eigenvalue weighted by atomic mass is 9.87. The van der Waals surface area contributed by atoms with E-state index in [1.807, 2.05) is 54.6 Å². The second kappa shape index (κ2) is 9.51. The molecule has 7 heteroatoms. The number of carbonyl (C=O) groups excluding carboxylic acids is 2. The number of allylic oxidation sites excluding steroid dienone is 1. The smallest absolute Gasteiger partial charge is 0.321 e. The molecule has 3 rings (SSSR count). The summed E-state index contributed by atoms with van der Waals surface area (Å²) in [6.07, 6.45) is 0. The number of nitriles is 1. The van der Waals surface area contributed by atoms with E-state index in [-0.39, 0.29) is 0 Å². The molecule has 0 saturated carbocycles. The Morgan fingerprint density at radius 3 is 2.40 bits per heavy atom. The SMILES string of the molecule is CC(C)c1ccc(C2C(C#N)=C(N)SC2C(=O)NC(=O)NCc2ccccc2)cc1. The fourth-order valence-corrected chi connectivity index (χ4v) is 4.51. The van der Waals surface area contributed by atoms with Crippen molar-refractivity contribution >= 4 is 23.7 Å². The molecule has 1 aliphatic rings. The minimum absolute atomic E-state index is 0.307. The number of hydrogen-bond acceptors (Lipinski definition) is 5. The molecule has 1 heterocycles. The third-order valence-electron chi connectivity index (χ3n) is 5.01. The van der Waals surface area contributed by atoms with E-state index in [2.05, 4.69) is 30.6 Å². The van der Waals surface area contributed by atoms with Crippen molar-refractivity contribution in [2.45, 2.75) is 37.5 Å². The molecule has 0 aromatic heterocycles. The Balaban J connectivity index is 1.72. The number of rotatable bonds is 5. The van der Waals surface area contributed by atoms with E-state index in [4.69, 9.17) is 5.73 Å². The zero-order valence-electron chi connectivity index (χ0n) is 16.9. The molecule has 0 bridgehead atoms. The van der Waals surface area contributed by atoms with E-state index in [0.29, 0.717) is 23.1 Å². The first-order valence-corrected chi connectivity index (χ1v) is 10.6. The number of imide groups is 1. The summed E-state index contributed by atoms with van der Waals surface area (Å²) in [5, 5.41) is 14.3. The Morgan fingerprint density at radius 2 is 1.80 bits per heavy atom. The highest BCUT2D eigenvalue weighted by Crippen LogP contribution is 2.45. The number of nitrogens with one attached hydrogen (secondary N) is 2. The number of urea groups is 1. The minimum Gasteiger partial charge on any atom is -0.393 e. The van der Waals surface area contributed by atoms with Crippen LogP contribution in [0.25, 0.3) is 0 Å². The van der Waals surface area contributed by atoms with Gasteiger partial charge < -0.3 is 11.1 Å². The fourth-order valence-electron chi connectivity index (χ4n) is 3.34. The monoisotopic (exact) mass is 420 g/mol. The van der Waals surface area contributed by atoms with Gasteiger partial charge in [0.1, 0.15) is 5.25 Å². The van der Waals surface area contributed by atoms with E-state index < -0.39 is 23.1 Å². The molecule has 4 N–H and O–H groups in total. The summed E-state index contributed by atoms with van der Waals surface area (Å²) >= 11 is 1.12. The van der Waals surface area contributed by atoms with Crippen LogP contribution in [0.3, 0.4) is 0 Å². The molecule has 0 radical (unpaired) electrons. The van der Waals surface area contributed by atoms with Gasteiger partial charge in [-0.25, -0.2) is 4.79 Å². The van der Waals surface area contributed by atoms with Crippen molar-refractivity contribution in [1.29, 1.82) is 5.26 Å². The van der Waals surface area contributed by atoms with Gasteiger partial charge in [-0.05, 0) is 22.6 Å². The molecule has 6 nitrogen and oxygen atoms in total. The average Bonchev–Trinajstić information content (AvgIpc) is 3.09. The Kier molecular flexibility index (Phi) is 6.80. The van der Waals surface area contributed by atoms with Gasteiger partial charge in [0, 0.05) is 12.5 Å². The molecule has 1 aliphatic heterocycles. The first kappa shape index (κ1) is 21.5. The van der Waals surface area contributed by atoms with Crippen molar-refractivity contribution in [2.24, 2.45) is 5.73 Å². The van der Waals surface area contributed by atoms with Crippen LogP contribution in [0.15, 0.2) is 65.2 Å². The summed E-state index contributed by atoms with van der Waals surface area (Å²) in [7, 11) is 0. The van der Waals surface area contributed by atoms with E-state index >= 15 is 0 Å². The maximum atomic E-state index is 12.8.